The van der Waals surface area contributed by atoms with Crippen LogP contribution in [0.4, 0.5) is 5.69 Å². The van der Waals surface area contributed by atoms with Crippen LogP contribution in [0, 0.1) is 0 Å². The van der Waals surface area contributed by atoms with E-state index in [2.05, 4.69) is 33.1 Å². The highest BCUT2D eigenvalue weighted by Crippen LogP contribution is 2.10. The van der Waals surface area contributed by atoms with Crippen LogP contribution in [-0.2, 0) is 11.2 Å². The SMILES string of the molecule is CN=C(NCCc1ccc(NC(C)=O)cc1)NC1CC=CC1. The van der Waals surface area contributed by atoms with Crippen LogP contribution >= 0.6 is 0 Å². The topological polar surface area (TPSA) is 65.5 Å². The molecular formula is C17H24N4O. The number of nitrogens with zero attached hydrogens (tertiary/aromatic N) is 1. The van der Waals surface area contributed by atoms with Gasteiger partial charge < -0.3 is 16.0 Å². The fourth-order valence-corrected chi connectivity index (χ4v) is 2.41. The summed E-state index contributed by atoms with van der Waals surface area (Å²) in [5.74, 6) is 0.800. The molecule has 0 atom stereocenters. The number of anilines is 1. The average molecular weight is 300 g/mol. The van der Waals surface area contributed by atoms with E-state index in [0.717, 1.165) is 37.5 Å². The van der Waals surface area contributed by atoms with E-state index in [9.17, 15) is 4.79 Å². The lowest BCUT2D eigenvalue weighted by Crippen LogP contribution is -2.43. The number of hydrogen-bond donors (Lipinski definition) is 3. The molecule has 0 aromatic heterocycles. The van der Waals surface area contributed by atoms with Crippen LogP contribution in [-0.4, -0.2) is 31.5 Å². The Kier molecular flexibility index (Phi) is 6.01. The van der Waals surface area contributed by atoms with Crippen molar-refractivity contribution >= 4 is 17.6 Å². The Labute approximate surface area is 131 Å². The van der Waals surface area contributed by atoms with E-state index in [4.69, 9.17) is 0 Å². The summed E-state index contributed by atoms with van der Waals surface area (Å²) in [5.41, 5.74) is 2.05. The molecule has 0 unspecified atom stereocenters. The highest BCUT2D eigenvalue weighted by atomic mass is 16.1. The quantitative estimate of drug-likeness (QED) is 0.443. The van der Waals surface area contributed by atoms with Crippen LogP contribution in [0.1, 0.15) is 25.3 Å². The van der Waals surface area contributed by atoms with Gasteiger partial charge in [0.25, 0.3) is 0 Å². The third kappa shape index (κ3) is 5.24. The van der Waals surface area contributed by atoms with Crippen LogP contribution in [0.15, 0.2) is 41.4 Å². The molecule has 1 aromatic carbocycles. The lowest BCUT2D eigenvalue weighted by Gasteiger charge is -2.16. The Hall–Kier alpha value is -2.30. The molecule has 3 N–H and O–H groups in total. The van der Waals surface area contributed by atoms with E-state index >= 15 is 0 Å². The number of aliphatic imine (C=N–C) groups is 1. The smallest absolute Gasteiger partial charge is 0.221 e. The zero-order valence-corrected chi connectivity index (χ0v) is 13.2. The van der Waals surface area contributed by atoms with Crippen molar-refractivity contribution < 1.29 is 4.79 Å². The molecule has 0 spiro atoms. The third-order valence-corrected chi connectivity index (χ3v) is 3.55. The number of nitrogens with one attached hydrogen (secondary N) is 3. The Balaban J connectivity index is 1.73. The zero-order valence-electron chi connectivity index (χ0n) is 13.2. The second-order valence-electron chi connectivity index (χ2n) is 5.41. The number of amides is 1. The lowest BCUT2D eigenvalue weighted by atomic mass is 10.1. The summed E-state index contributed by atoms with van der Waals surface area (Å²) in [6, 6.07) is 8.37. The molecule has 1 aromatic rings. The van der Waals surface area contributed by atoms with E-state index in [1.807, 2.05) is 24.3 Å². The Morgan fingerprint density at radius 3 is 2.50 bits per heavy atom. The first-order valence-corrected chi connectivity index (χ1v) is 7.66. The number of carbonyl (C=O) groups is 1. The van der Waals surface area contributed by atoms with Crippen molar-refractivity contribution in [3.8, 4) is 0 Å². The molecule has 0 radical (unpaired) electrons. The minimum atomic E-state index is -0.0503. The van der Waals surface area contributed by atoms with Gasteiger partial charge in [0.05, 0.1) is 0 Å². The first-order chi connectivity index (χ1) is 10.7. The number of rotatable bonds is 5. The van der Waals surface area contributed by atoms with Crippen molar-refractivity contribution in [2.75, 3.05) is 18.9 Å². The van der Waals surface area contributed by atoms with Crippen molar-refractivity contribution in [2.45, 2.75) is 32.2 Å². The molecule has 5 nitrogen and oxygen atoms in total. The van der Waals surface area contributed by atoms with Gasteiger partial charge in [0.1, 0.15) is 0 Å². The van der Waals surface area contributed by atoms with Gasteiger partial charge in [-0.05, 0) is 37.0 Å². The fraction of sp³-hybridized carbons (Fsp3) is 0.412. The van der Waals surface area contributed by atoms with Gasteiger partial charge in [0.15, 0.2) is 5.96 Å². The minimum Gasteiger partial charge on any atom is -0.356 e. The number of hydrogen-bond acceptors (Lipinski definition) is 2. The van der Waals surface area contributed by atoms with Crippen LogP contribution in [0.3, 0.4) is 0 Å². The van der Waals surface area contributed by atoms with Gasteiger partial charge in [-0.25, -0.2) is 0 Å². The summed E-state index contributed by atoms with van der Waals surface area (Å²) in [6.45, 7) is 2.33. The summed E-state index contributed by atoms with van der Waals surface area (Å²) in [5, 5.41) is 9.51. The molecule has 5 heteroatoms. The average Bonchev–Trinajstić information content (AvgIpc) is 3.00. The van der Waals surface area contributed by atoms with E-state index in [-0.39, 0.29) is 5.91 Å². The van der Waals surface area contributed by atoms with Crippen molar-refractivity contribution in [2.24, 2.45) is 4.99 Å². The van der Waals surface area contributed by atoms with Crippen LogP contribution < -0.4 is 16.0 Å². The normalized spacial score (nSPS) is 14.9. The first kappa shape index (κ1) is 16.1. The number of guanidine groups is 1. The predicted octanol–water partition coefficient (Wildman–Crippen LogP) is 2.07. The highest BCUT2D eigenvalue weighted by Gasteiger charge is 2.11. The van der Waals surface area contributed by atoms with Crippen molar-refractivity contribution in [1.29, 1.82) is 0 Å². The van der Waals surface area contributed by atoms with Gasteiger partial charge in [0.2, 0.25) is 5.91 Å². The second-order valence-corrected chi connectivity index (χ2v) is 5.41. The summed E-state index contributed by atoms with van der Waals surface area (Å²) in [6.07, 6.45) is 7.42. The van der Waals surface area contributed by atoms with E-state index in [0.29, 0.717) is 6.04 Å². The van der Waals surface area contributed by atoms with Gasteiger partial charge >= 0.3 is 0 Å². The number of benzene rings is 1. The molecule has 0 aliphatic heterocycles. The Bertz CT molecular complexity index is 540. The summed E-state index contributed by atoms with van der Waals surface area (Å²) < 4.78 is 0. The fourth-order valence-electron chi connectivity index (χ4n) is 2.41. The molecule has 1 aliphatic carbocycles. The van der Waals surface area contributed by atoms with Gasteiger partial charge in [0, 0.05) is 32.2 Å². The van der Waals surface area contributed by atoms with Crippen molar-refractivity contribution in [1.82, 2.24) is 10.6 Å². The van der Waals surface area contributed by atoms with E-state index in [1.54, 1.807) is 7.05 Å². The van der Waals surface area contributed by atoms with Crippen LogP contribution in [0.25, 0.3) is 0 Å². The molecule has 0 heterocycles. The van der Waals surface area contributed by atoms with Gasteiger partial charge in [-0.3, -0.25) is 9.79 Å². The van der Waals surface area contributed by atoms with Crippen molar-refractivity contribution in [3.63, 3.8) is 0 Å². The maximum Gasteiger partial charge on any atom is 0.221 e. The molecule has 0 fully saturated rings. The first-order valence-electron chi connectivity index (χ1n) is 7.66. The molecule has 22 heavy (non-hydrogen) atoms. The standard InChI is InChI=1S/C17H24N4O/c1-13(22)20-16-9-7-14(8-10-16)11-12-19-17(18-2)21-15-5-3-4-6-15/h3-4,7-10,15H,5-6,11-12H2,1-2H3,(H,20,22)(H2,18,19,21). The maximum atomic E-state index is 11.0. The molecule has 1 aliphatic rings. The highest BCUT2D eigenvalue weighted by molar-refractivity contribution is 5.88. The minimum absolute atomic E-state index is 0.0503. The van der Waals surface area contributed by atoms with Crippen LogP contribution in [0.2, 0.25) is 0 Å². The van der Waals surface area contributed by atoms with Gasteiger partial charge in [-0.1, -0.05) is 24.3 Å². The van der Waals surface area contributed by atoms with Crippen molar-refractivity contribution in [3.05, 3.63) is 42.0 Å². The third-order valence-electron chi connectivity index (χ3n) is 3.55. The monoisotopic (exact) mass is 300 g/mol. The maximum absolute atomic E-state index is 11.0. The molecule has 0 bridgehead atoms. The molecule has 118 valence electrons. The summed E-state index contributed by atoms with van der Waals surface area (Å²) in [7, 11) is 1.79. The molecule has 0 saturated heterocycles. The zero-order chi connectivity index (χ0) is 15.8. The van der Waals surface area contributed by atoms with Crippen LogP contribution in [0.5, 0.6) is 0 Å². The Morgan fingerprint density at radius 2 is 1.91 bits per heavy atom. The second kappa shape index (κ2) is 8.22. The molecule has 1 amide bonds. The molecular weight excluding hydrogens is 276 g/mol. The Morgan fingerprint density at radius 1 is 1.23 bits per heavy atom. The summed E-state index contributed by atoms with van der Waals surface area (Å²) >= 11 is 0. The predicted molar refractivity (Wildman–Crippen MR) is 91.1 cm³/mol. The summed E-state index contributed by atoms with van der Waals surface area (Å²) in [4.78, 5) is 15.2. The van der Waals surface area contributed by atoms with Gasteiger partial charge in [-0.2, -0.15) is 0 Å². The van der Waals surface area contributed by atoms with E-state index < -0.39 is 0 Å². The largest absolute Gasteiger partial charge is 0.356 e. The molecule has 2 rings (SSSR count). The lowest BCUT2D eigenvalue weighted by molar-refractivity contribution is -0.114. The number of carbonyl (C=O) groups excluding carboxylic acids is 1. The van der Waals surface area contributed by atoms with E-state index in [1.165, 1.54) is 12.5 Å². The molecule has 0 saturated carbocycles. The van der Waals surface area contributed by atoms with Gasteiger partial charge in [-0.15, -0.1) is 0 Å².